The average molecular weight is 326 g/mol. The first-order valence-electron chi connectivity index (χ1n) is 7.50. The van der Waals surface area contributed by atoms with E-state index in [0.717, 1.165) is 12.8 Å². The van der Waals surface area contributed by atoms with Crippen molar-refractivity contribution >= 4 is 28.4 Å². The van der Waals surface area contributed by atoms with Crippen LogP contribution in [0.15, 0.2) is 5.38 Å². The standard InChI is InChI=1S/C15H22N2O4S/c1-4-6-7-15(11(18)20-5-2)9-14(3,21-12(15)19)10-8-22-13(16)17-10/h8H,4-7,9H2,1-3H3,(H2,16,17)/t14-,15+/m0/s1. The first kappa shape index (κ1) is 16.7. The molecule has 2 N–H and O–H groups in total. The number of esters is 2. The predicted octanol–water partition coefficient (Wildman–Crippen LogP) is 2.63. The Labute approximate surface area is 134 Å². The fraction of sp³-hybridized carbons (Fsp3) is 0.667. The maximum Gasteiger partial charge on any atom is 0.324 e. The van der Waals surface area contributed by atoms with Crippen LogP contribution in [0.4, 0.5) is 5.13 Å². The van der Waals surface area contributed by atoms with Crippen LogP contribution in [0, 0.1) is 5.41 Å². The highest BCUT2D eigenvalue weighted by Crippen LogP contribution is 2.50. The van der Waals surface area contributed by atoms with Crippen LogP contribution in [0.3, 0.4) is 0 Å². The van der Waals surface area contributed by atoms with Crippen molar-refractivity contribution in [2.24, 2.45) is 5.41 Å². The number of carbonyl (C=O) groups excluding carboxylic acids is 2. The lowest BCUT2D eigenvalue weighted by Crippen LogP contribution is -2.37. The average Bonchev–Trinajstić information content (AvgIpc) is 3.00. The number of hydrogen-bond donors (Lipinski definition) is 1. The van der Waals surface area contributed by atoms with E-state index < -0.39 is 23.0 Å². The number of nitrogens with two attached hydrogens (primary N) is 1. The first-order chi connectivity index (χ1) is 10.4. The van der Waals surface area contributed by atoms with Gasteiger partial charge in [-0.1, -0.05) is 19.8 Å². The molecule has 0 aromatic carbocycles. The quantitative estimate of drug-likeness (QED) is 0.638. The molecule has 1 aromatic heterocycles. The van der Waals surface area contributed by atoms with Gasteiger partial charge < -0.3 is 15.2 Å². The minimum Gasteiger partial charge on any atom is -0.465 e. The summed E-state index contributed by atoms with van der Waals surface area (Å²) in [5, 5.41) is 2.18. The second kappa shape index (κ2) is 6.24. The van der Waals surface area contributed by atoms with Crippen molar-refractivity contribution in [3.05, 3.63) is 11.1 Å². The van der Waals surface area contributed by atoms with Gasteiger partial charge in [-0.2, -0.15) is 0 Å². The number of rotatable bonds is 6. The third-order valence-electron chi connectivity index (χ3n) is 4.03. The molecule has 7 heteroatoms. The number of thiazole rings is 1. The number of nitrogen functional groups attached to an aromatic ring is 1. The summed E-state index contributed by atoms with van der Waals surface area (Å²) in [5.41, 5.74) is 4.08. The van der Waals surface area contributed by atoms with Crippen molar-refractivity contribution in [1.82, 2.24) is 4.98 Å². The number of cyclic esters (lactones) is 1. The van der Waals surface area contributed by atoms with E-state index in [2.05, 4.69) is 4.98 Å². The van der Waals surface area contributed by atoms with E-state index >= 15 is 0 Å². The van der Waals surface area contributed by atoms with Crippen LogP contribution in [0.5, 0.6) is 0 Å². The highest BCUT2D eigenvalue weighted by atomic mass is 32.1. The third kappa shape index (κ3) is 2.82. The minimum atomic E-state index is -1.24. The van der Waals surface area contributed by atoms with Crippen LogP contribution in [-0.4, -0.2) is 23.5 Å². The molecule has 2 heterocycles. The molecule has 1 aliphatic rings. The SMILES string of the molecule is CCCC[C@]1(C(=O)OCC)C[C@@](C)(c2csc(N)n2)OC1=O. The maximum absolute atomic E-state index is 12.5. The summed E-state index contributed by atoms with van der Waals surface area (Å²) in [5.74, 6) is -1.02. The monoisotopic (exact) mass is 326 g/mol. The Hall–Kier alpha value is -1.63. The van der Waals surface area contributed by atoms with Gasteiger partial charge in [0.25, 0.3) is 0 Å². The third-order valence-corrected chi connectivity index (χ3v) is 4.71. The number of carbonyl (C=O) groups is 2. The second-order valence-corrected chi connectivity index (χ2v) is 6.66. The molecule has 1 saturated heterocycles. The number of aromatic nitrogens is 1. The maximum atomic E-state index is 12.5. The highest BCUT2D eigenvalue weighted by Gasteiger charge is 2.61. The van der Waals surface area contributed by atoms with Crippen molar-refractivity contribution in [1.29, 1.82) is 0 Å². The van der Waals surface area contributed by atoms with Gasteiger partial charge in [0.05, 0.1) is 12.3 Å². The molecule has 122 valence electrons. The van der Waals surface area contributed by atoms with Gasteiger partial charge in [0, 0.05) is 11.8 Å². The van der Waals surface area contributed by atoms with Crippen molar-refractivity contribution in [3.8, 4) is 0 Å². The molecule has 2 atom stereocenters. The number of anilines is 1. The molecule has 2 rings (SSSR count). The number of hydrogen-bond acceptors (Lipinski definition) is 7. The van der Waals surface area contributed by atoms with Gasteiger partial charge in [-0.05, 0) is 20.3 Å². The fourth-order valence-electron chi connectivity index (χ4n) is 2.86. The molecule has 0 aliphatic carbocycles. The van der Waals surface area contributed by atoms with Crippen molar-refractivity contribution in [2.75, 3.05) is 12.3 Å². The van der Waals surface area contributed by atoms with E-state index in [1.54, 1.807) is 19.2 Å². The molecule has 0 bridgehead atoms. The van der Waals surface area contributed by atoms with Crippen LogP contribution >= 0.6 is 11.3 Å². The minimum absolute atomic E-state index is 0.236. The number of nitrogens with zero attached hydrogens (tertiary/aromatic N) is 1. The summed E-state index contributed by atoms with van der Waals surface area (Å²) in [4.78, 5) is 29.2. The van der Waals surface area contributed by atoms with Crippen LogP contribution in [-0.2, 0) is 24.7 Å². The van der Waals surface area contributed by atoms with Gasteiger partial charge in [0.2, 0.25) is 0 Å². The first-order valence-corrected chi connectivity index (χ1v) is 8.38. The van der Waals surface area contributed by atoms with Crippen molar-refractivity contribution < 1.29 is 19.1 Å². The van der Waals surface area contributed by atoms with Crippen LogP contribution in [0.1, 0.15) is 52.1 Å². The van der Waals surface area contributed by atoms with Gasteiger partial charge in [0.15, 0.2) is 16.1 Å². The number of ether oxygens (including phenoxy) is 2. The molecule has 1 aliphatic heterocycles. The Kier molecular flexibility index (Phi) is 4.75. The number of unbranched alkanes of at least 4 members (excludes halogenated alkanes) is 1. The zero-order chi connectivity index (χ0) is 16.4. The molecular weight excluding hydrogens is 304 g/mol. The Morgan fingerprint density at radius 2 is 2.27 bits per heavy atom. The molecule has 0 spiro atoms. The van der Waals surface area contributed by atoms with E-state index in [0.29, 0.717) is 17.2 Å². The molecular formula is C15H22N2O4S. The lowest BCUT2D eigenvalue weighted by molar-refractivity contribution is -0.166. The molecule has 0 saturated carbocycles. The Balaban J connectivity index is 2.34. The van der Waals surface area contributed by atoms with E-state index in [4.69, 9.17) is 15.2 Å². The predicted molar refractivity (Wildman–Crippen MR) is 83.2 cm³/mol. The Morgan fingerprint density at radius 1 is 1.55 bits per heavy atom. The zero-order valence-corrected chi connectivity index (χ0v) is 14.0. The lowest BCUT2D eigenvalue weighted by atomic mass is 9.76. The summed E-state index contributed by atoms with van der Waals surface area (Å²) < 4.78 is 10.7. The van der Waals surface area contributed by atoms with Gasteiger partial charge in [-0.25, -0.2) is 4.98 Å². The smallest absolute Gasteiger partial charge is 0.324 e. The van der Waals surface area contributed by atoms with Crippen LogP contribution < -0.4 is 5.73 Å². The van der Waals surface area contributed by atoms with E-state index in [-0.39, 0.29) is 13.0 Å². The van der Waals surface area contributed by atoms with E-state index in [1.165, 1.54) is 11.3 Å². The summed E-state index contributed by atoms with van der Waals surface area (Å²) in [6, 6.07) is 0. The highest BCUT2D eigenvalue weighted by molar-refractivity contribution is 7.13. The van der Waals surface area contributed by atoms with Gasteiger partial charge in [-0.15, -0.1) is 11.3 Å². The van der Waals surface area contributed by atoms with Crippen LogP contribution in [0.25, 0.3) is 0 Å². The van der Waals surface area contributed by atoms with Crippen LogP contribution in [0.2, 0.25) is 0 Å². The molecule has 0 radical (unpaired) electrons. The van der Waals surface area contributed by atoms with Crippen molar-refractivity contribution in [3.63, 3.8) is 0 Å². The van der Waals surface area contributed by atoms with E-state index in [1.807, 2.05) is 6.92 Å². The molecule has 0 unspecified atom stereocenters. The summed E-state index contributed by atoms with van der Waals surface area (Å²) >= 11 is 1.29. The van der Waals surface area contributed by atoms with Gasteiger partial charge in [-0.3, -0.25) is 9.59 Å². The van der Waals surface area contributed by atoms with Gasteiger partial charge in [0.1, 0.15) is 0 Å². The lowest BCUT2D eigenvalue weighted by Gasteiger charge is -2.24. The molecule has 22 heavy (non-hydrogen) atoms. The largest absolute Gasteiger partial charge is 0.465 e. The van der Waals surface area contributed by atoms with E-state index in [9.17, 15) is 9.59 Å². The van der Waals surface area contributed by atoms with Crippen molar-refractivity contribution in [2.45, 2.75) is 52.1 Å². The van der Waals surface area contributed by atoms with Gasteiger partial charge >= 0.3 is 11.9 Å². The topological polar surface area (TPSA) is 91.5 Å². The summed E-state index contributed by atoms with van der Waals surface area (Å²) in [7, 11) is 0. The molecule has 1 fully saturated rings. The second-order valence-electron chi connectivity index (χ2n) is 5.77. The molecule has 1 aromatic rings. The Morgan fingerprint density at radius 3 is 2.82 bits per heavy atom. The molecule has 6 nitrogen and oxygen atoms in total. The molecule has 0 amide bonds. The summed E-state index contributed by atoms with van der Waals surface area (Å²) in [6.45, 7) is 5.75. The normalized spacial score (nSPS) is 27.7. The fourth-order valence-corrected chi connectivity index (χ4v) is 3.54. The Bertz CT molecular complexity index is 574. The summed E-state index contributed by atoms with van der Waals surface area (Å²) in [6.07, 6.45) is 2.30. The zero-order valence-electron chi connectivity index (χ0n) is 13.2.